The number of benzene rings is 2. The molecule has 0 aliphatic heterocycles. The summed E-state index contributed by atoms with van der Waals surface area (Å²) < 4.78 is 26.4. The minimum atomic E-state index is -1.04. The number of anilines is 1. The van der Waals surface area contributed by atoms with Crippen LogP contribution in [0.1, 0.15) is 5.56 Å². The molecule has 5 heteroatoms. The Kier molecular flexibility index (Phi) is 4.74. The minimum absolute atomic E-state index is 0.138. The summed E-state index contributed by atoms with van der Waals surface area (Å²) in [5.74, 6) is -2.26. The molecule has 0 fully saturated rings. The van der Waals surface area contributed by atoms with Gasteiger partial charge in [-0.3, -0.25) is 4.79 Å². The summed E-state index contributed by atoms with van der Waals surface area (Å²) >= 11 is 1.34. The molecule has 0 unspecified atom stereocenters. The minimum Gasteiger partial charge on any atom is -0.323 e. The molecular formula is C15H13F2NOS. The van der Waals surface area contributed by atoms with Crippen LogP contribution < -0.4 is 5.32 Å². The van der Waals surface area contributed by atoms with Crippen molar-refractivity contribution in [2.75, 3.05) is 11.1 Å². The Hall–Kier alpha value is -1.88. The van der Waals surface area contributed by atoms with Crippen LogP contribution in [0.25, 0.3) is 0 Å². The number of thioether (sulfide) groups is 1. The van der Waals surface area contributed by atoms with Crippen molar-refractivity contribution in [3.05, 3.63) is 59.7 Å². The predicted molar refractivity (Wildman–Crippen MR) is 76.9 cm³/mol. The normalized spacial score (nSPS) is 10.3. The van der Waals surface area contributed by atoms with E-state index in [9.17, 15) is 13.6 Å². The van der Waals surface area contributed by atoms with Crippen molar-refractivity contribution in [1.82, 2.24) is 0 Å². The molecule has 104 valence electrons. The first kappa shape index (κ1) is 14.5. The highest BCUT2D eigenvalue weighted by molar-refractivity contribution is 8.00. The molecular weight excluding hydrogens is 280 g/mol. The molecule has 1 N–H and O–H groups in total. The van der Waals surface area contributed by atoms with Crippen molar-refractivity contribution in [3.8, 4) is 0 Å². The molecule has 2 aromatic carbocycles. The van der Waals surface area contributed by atoms with Gasteiger partial charge < -0.3 is 5.32 Å². The Morgan fingerprint density at radius 3 is 2.55 bits per heavy atom. The first-order valence-electron chi connectivity index (χ1n) is 5.99. The third-order valence-corrected chi connectivity index (χ3v) is 3.63. The van der Waals surface area contributed by atoms with E-state index in [2.05, 4.69) is 5.32 Å². The van der Waals surface area contributed by atoms with Crippen molar-refractivity contribution in [2.45, 2.75) is 11.8 Å². The van der Waals surface area contributed by atoms with Crippen molar-refractivity contribution < 1.29 is 13.6 Å². The second-order valence-electron chi connectivity index (χ2n) is 4.25. The van der Waals surface area contributed by atoms with Gasteiger partial charge in [-0.1, -0.05) is 23.8 Å². The Morgan fingerprint density at radius 1 is 1.15 bits per heavy atom. The van der Waals surface area contributed by atoms with E-state index < -0.39 is 11.6 Å². The third kappa shape index (κ3) is 3.81. The smallest absolute Gasteiger partial charge is 0.234 e. The number of halogens is 2. The van der Waals surface area contributed by atoms with Crippen molar-refractivity contribution in [1.29, 1.82) is 0 Å². The molecule has 2 nitrogen and oxygen atoms in total. The molecule has 0 saturated heterocycles. The second kappa shape index (κ2) is 6.52. The summed E-state index contributed by atoms with van der Waals surface area (Å²) in [5, 5.41) is 2.36. The first-order chi connectivity index (χ1) is 9.56. The molecule has 0 aromatic heterocycles. The maximum Gasteiger partial charge on any atom is 0.234 e. The molecule has 0 radical (unpaired) electrons. The average molecular weight is 293 g/mol. The van der Waals surface area contributed by atoms with Crippen LogP contribution in [-0.2, 0) is 4.79 Å². The summed E-state index contributed by atoms with van der Waals surface area (Å²) in [6.45, 7) is 1.98. The Labute approximate surface area is 120 Å². The Morgan fingerprint density at radius 2 is 1.85 bits per heavy atom. The van der Waals surface area contributed by atoms with Gasteiger partial charge in [0.05, 0.1) is 11.4 Å². The van der Waals surface area contributed by atoms with E-state index in [-0.39, 0.29) is 17.3 Å². The van der Waals surface area contributed by atoms with Crippen molar-refractivity contribution >= 4 is 23.4 Å². The number of aryl methyl sites for hydroxylation is 1. The number of amides is 1. The zero-order valence-corrected chi connectivity index (χ0v) is 11.6. The molecule has 2 rings (SSSR count). The van der Waals surface area contributed by atoms with Crippen molar-refractivity contribution in [2.24, 2.45) is 0 Å². The van der Waals surface area contributed by atoms with Gasteiger partial charge in [0, 0.05) is 4.90 Å². The number of rotatable bonds is 4. The topological polar surface area (TPSA) is 29.1 Å². The Bertz CT molecular complexity index is 614. The number of nitrogens with one attached hydrogen (secondary N) is 1. The molecule has 0 aliphatic rings. The largest absolute Gasteiger partial charge is 0.323 e. The van der Waals surface area contributed by atoms with Gasteiger partial charge in [-0.2, -0.15) is 0 Å². The molecule has 1 amide bonds. The maximum atomic E-state index is 13.4. The van der Waals surface area contributed by atoms with Gasteiger partial charge in [0.1, 0.15) is 0 Å². The fourth-order valence-corrected chi connectivity index (χ4v) is 2.27. The van der Waals surface area contributed by atoms with E-state index in [0.29, 0.717) is 0 Å². The van der Waals surface area contributed by atoms with Gasteiger partial charge in [-0.15, -0.1) is 11.8 Å². The van der Waals surface area contributed by atoms with Gasteiger partial charge >= 0.3 is 0 Å². The van der Waals surface area contributed by atoms with Crippen molar-refractivity contribution in [3.63, 3.8) is 0 Å². The third-order valence-electron chi connectivity index (χ3n) is 2.62. The lowest BCUT2D eigenvalue weighted by Crippen LogP contribution is -2.15. The number of carbonyl (C=O) groups is 1. The molecule has 0 spiro atoms. The summed E-state index contributed by atoms with van der Waals surface area (Å²) in [4.78, 5) is 12.6. The van der Waals surface area contributed by atoms with Gasteiger partial charge in [0.2, 0.25) is 5.91 Å². The summed E-state index contributed by atoms with van der Waals surface area (Å²) in [6.07, 6.45) is 0. The van der Waals surface area contributed by atoms with E-state index in [1.165, 1.54) is 23.9 Å². The Balaban J connectivity index is 1.92. The number of hydrogen-bond acceptors (Lipinski definition) is 2. The molecule has 0 saturated carbocycles. The standard InChI is InChI=1S/C15H13F2NOS/c1-10-5-7-11(8-6-10)20-9-14(19)18-13-4-2-3-12(16)15(13)17/h2-8H,9H2,1H3,(H,18,19). The summed E-state index contributed by atoms with van der Waals surface area (Å²) in [7, 11) is 0. The van der Waals surface area contributed by atoms with Crippen LogP contribution in [0.2, 0.25) is 0 Å². The zero-order chi connectivity index (χ0) is 14.5. The highest BCUT2D eigenvalue weighted by atomic mass is 32.2. The summed E-state index contributed by atoms with van der Waals surface area (Å²) in [6, 6.07) is 11.4. The predicted octanol–water partition coefficient (Wildman–Crippen LogP) is 4.00. The fourth-order valence-electron chi connectivity index (χ4n) is 1.57. The second-order valence-corrected chi connectivity index (χ2v) is 5.30. The monoisotopic (exact) mass is 293 g/mol. The van der Waals surface area contributed by atoms with Crippen LogP contribution in [0.5, 0.6) is 0 Å². The zero-order valence-electron chi connectivity index (χ0n) is 10.8. The van der Waals surface area contributed by atoms with E-state index >= 15 is 0 Å². The van der Waals surface area contributed by atoms with Crippen LogP contribution in [-0.4, -0.2) is 11.7 Å². The lowest BCUT2D eigenvalue weighted by molar-refractivity contribution is -0.113. The van der Waals surface area contributed by atoms with Gasteiger partial charge in [0.15, 0.2) is 11.6 Å². The molecule has 20 heavy (non-hydrogen) atoms. The van der Waals surface area contributed by atoms with E-state index in [0.717, 1.165) is 16.5 Å². The van der Waals surface area contributed by atoms with Crippen LogP contribution >= 0.6 is 11.8 Å². The molecule has 0 bridgehead atoms. The van der Waals surface area contributed by atoms with Gasteiger partial charge in [0.25, 0.3) is 0 Å². The van der Waals surface area contributed by atoms with E-state index in [1.54, 1.807) is 0 Å². The van der Waals surface area contributed by atoms with Crippen LogP contribution in [0.15, 0.2) is 47.4 Å². The molecule has 0 atom stereocenters. The lowest BCUT2D eigenvalue weighted by Gasteiger charge is -2.06. The van der Waals surface area contributed by atoms with Gasteiger partial charge in [-0.05, 0) is 31.2 Å². The van der Waals surface area contributed by atoms with Crippen LogP contribution in [0, 0.1) is 18.6 Å². The van der Waals surface area contributed by atoms with Gasteiger partial charge in [-0.25, -0.2) is 8.78 Å². The SMILES string of the molecule is Cc1ccc(SCC(=O)Nc2cccc(F)c2F)cc1. The van der Waals surface area contributed by atoms with E-state index in [1.807, 2.05) is 31.2 Å². The molecule has 2 aromatic rings. The number of carbonyl (C=O) groups excluding carboxylic acids is 1. The summed E-state index contributed by atoms with van der Waals surface area (Å²) in [5.41, 5.74) is 1.00. The molecule has 0 aliphatic carbocycles. The lowest BCUT2D eigenvalue weighted by atomic mass is 10.2. The molecule has 0 heterocycles. The number of hydrogen-bond donors (Lipinski definition) is 1. The quantitative estimate of drug-likeness (QED) is 0.863. The van der Waals surface area contributed by atoms with E-state index in [4.69, 9.17) is 0 Å². The van der Waals surface area contributed by atoms with Crippen LogP contribution in [0.4, 0.5) is 14.5 Å². The highest BCUT2D eigenvalue weighted by Crippen LogP contribution is 2.20. The average Bonchev–Trinajstić information content (AvgIpc) is 2.43. The fraction of sp³-hybridized carbons (Fsp3) is 0.133. The van der Waals surface area contributed by atoms with Crippen LogP contribution in [0.3, 0.4) is 0 Å². The highest BCUT2D eigenvalue weighted by Gasteiger charge is 2.10. The maximum absolute atomic E-state index is 13.4. The first-order valence-corrected chi connectivity index (χ1v) is 6.98.